The second-order valence-electron chi connectivity index (χ2n) is 9.52. The number of ketones is 1. The van der Waals surface area contributed by atoms with Crippen LogP contribution in [0.5, 0.6) is 0 Å². The van der Waals surface area contributed by atoms with E-state index in [0.717, 1.165) is 37.0 Å². The van der Waals surface area contributed by atoms with E-state index in [4.69, 9.17) is 0 Å². The van der Waals surface area contributed by atoms with Crippen LogP contribution in [0.4, 0.5) is 0 Å². The van der Waals surface area contributed by atoms with Gasteiger partial charge < -0.3 is 0 Å². The van der Waals surface area contributed by atoms with Crippen LogP contribution in [0.3, 0.4) is 0 Å². The highest BCUT2D eigenvalue weighted by Crippen LogP contribution is 2.66. The summed E-state index contributed by atoms with van der Waals surface area (Å²) in [6.45, 7) is 4.98. The number of rotatable bonds is 1. The van der Waals surface area contributed by atoms with Crippen LogP contribution >= 0.6 is 0 Å². The number of nitrogens with zero attached hydrogens (tertiary/aromatic N) is 1. The van der Waals surface area contributed by atoms with Crippen molar-refractivity contribution < 1.29 is 4.79 Å². The lowest BCUT2D eigenvalue weighted by atomic mass is 9.46. The number of hydrogen-bond acceptors (Lipinski definition) is 2. The first kappa shape index (κ1) is 16.5. The SMILES string of the molecule is C[C@]12CCC(=O)C=C1CC[C@@H]1[C@H]2CC[C@]2(C)C(c3cccnc3)=CC[C@@H]12. The maximum absolute atomic E-state index is 12.0. The molecule has 136 valence electrons. The standard InChI is InChI=1S/C24H29NO/c1-23-11-9-18(26)14-17(23)5-6-19-21-8-7-20(16-4-3-13-25-15-16)24(21,2)12-10-22(19)23/h3-4,7,13-15,19,21-22H,5-6,8-12H2,1-2H3/t19-,21-,22+,23-,24+/m0/s1. The van der Waals surface area contributed by atoms with Gasteiger partial charge in [-0.3, -0.25) is 9.78 Å². The van der Waals surface area contributed by atoms with Gasteiger partial charge in [-0.2, -0.15) is 0 Å². The van der Waals surface area contributed by atoms with E-state index in [0.29, 0.717) is 11.2 Å². The number of allylic oxidation sites excluding steroid dienone is 4. The van der Waals surface area contributed by atoms with Gasteiger partial charge in [0.2, 0.25) is 0 Å². The summed E-state index contributed by atoms with van der Waals surface area (Å²) in [5.74, 6) is 2.68. The molecule has 0 bridgehead atoms. The Kier molecular flexibility index (Phi) is 3.58. The third-order valence-corrected chi connectivity index (χ3v) is 8.52. The first-order valence-electron chi connectivity index (χ1n) is 10.4. The zero-order chi connectivity index (χ0) is 17.9. The third kappa shape index (κ3) is 2.17. The summed E-state index contributed by atoms with van der Waals surface area (Å²) in [4.78, 5) is 16.3. The van der Waals surface area contributed by atoms with Gasteiger partial charge in [0, 0.05) is 18.8 Å². The number of carbonyl (C=O) groups is 1. The van der Waals surface area contributed by atoms with E-state index in [1.807, 2.05) is 18.5 Å². The van der Waals surface area contributed by atoms with Crippen LogP contribution in [0.25, 0.3) is 5.57 Å². The molecule has 0 aliphatic heterocycles. The van der Waals surface area contributed by atoms with E-state index in [2.05, 4.69) is 37.0 Å². The Bertz CT molecular complexity index is 807. The van der Waals surface area contributed by atoms with Crippen molar-refractivity contribution in [3.05, 3.63) is 47.8 Å². The first-order valence-corrected chi connectivity index (χ1v) is 10.4. The molecule has 2 saturated carbocycles. The number of hydrogen-bond donors (Lipinski definition) is 0. The second-order valence-corrected chi connectivity index (χ2v) is 9.52. The van der Waals surface area contributed by atoms with E-state index in [1.54, 1.807) is 5.57 Å². The summed E-state index contributed by atoms with van der Waals surface area (Å²) >= 11 is 0. The van der Waals surface area contributed by atoms with Gasteiger partial charge >= 0.3 is 0 Å². The fourth-order valence-electron chi connectivity index (χ4n) is 7.10. The van der Waals surface area contributed by atoms with Gasteiger partial charge in [-0.25, -0.2) is 0 Å². The van der Waals surface area contributed by atoms with E-state index < -0.39 is 0 Å². The summed E-state index contributed by atoms with van der Waals surface area (Å²) in [5, 5.41) is 0. The summed E-state index contributed by atoms with van der Waals surface area (Å²) < 4.78 is 0. The molecule has 0 aromatic carbocycles. The Morgan fingerprint density at radius 2 is 1.96 bits per heavy atom. The second kappa shape index (κ2) is 5.65. The van der Waals surface area contributed by atoms with Crippen LogP contribution in [-0.4, -0.2) is 10.8 Å². The van der Waals surface area contributed by atoms with Crippen LogP contribution in [-0.2, 0) is 4.79 Å². The Morgan fingerprint density at radius 3 is 2.77 bits per heavy atom. The van der Waals surface area contributed by atoms with Crippen molar-refractivity contribution in [1.82, 2.24) is 4.98 Å². The van der Waals surface area contributed by atoms with Crippen molar-refractivity contribution in [3.63, 3.8) is 0 Å². The molecule has 2 heteroatoms. The minimum Gasteiger partial charge on any atom is -0.295 e. The maximum Gasteiger partial charge on any atom is 0.155 e. The van der Waals surface area contributed by atoms with Gasteiger partial charge in [0.25, 0.3) is 0 Å². The molecule has 0 saturated heterocycles. The molecule has 2 fully saturated rings. The van der Waals surface area contributed by atoms with Gasteiger partial charge in [0.1, 0.15) is 0 Å². The molecule has 0 N–H and O–H groups in total. The summed E-state index contributed by atoms with van der Waals surface area (Å²) in [7, 11) is 0. The number of aromatic nitrogens is 1. The molecule has 5 rings (SSSR count). The highest BCUT2D eigenvalue weighted by atomic mass is 16.1. The molecule has 1 aromatic heterocycles. The first-order chi connectivity index (χ1) is 12.5. The highest BCUT2D eigenvalue weighted by Gasteiger charge is 2.57. The van der Waals surface area contributed by atoms with Gasteiger partial charge in [0.15, 0.2) is 5.78 Å². The number of pyridine rings is 1. The maximum atomic E-state index is 12.0. The molecule has 0 amide bonds. The molecule has 4 aliphatic carbocycles. The van der Waals surface area contributed by atoms with Crippen LogP contribution in [0.1, 0.15) is 64.4 Å². The van der Waals surface area contributed by atoms with Crippen molar-refractivity contribution >= 4 is 11.4 Å². The molecular formula is C24H29NO. The topological polar surface area (TPSA) is 30.0 Å². The summed E-state index contributed by atoms with van der Waals surface area (Å²) in [5.41, 5.74) is 4.90. The molecular weight excluding hydrogens is 318 g/mol. The minimum atomic E-state index is 0.273. The van der Waals surface area contributed by atoms with Crippen molar-refractivity contribution in [2.75, 3.05) is 0 Å². The molecule has 0 unspecified atom stereocenters. The number of carbonyl (C=O) groups excluding carboxylic acids is 1. The minimum absolute atomic E-state index is 0.273. The Labute approximate surface area is 156 Å². The van der Waals surface area contributed by atoms with E-state index in [-0.39, 0.29) is 5.41 Å². The van der Waals surface area contributed by atoms with Crippen LogP contribution in [0, 0.1) is 28.6 Å². The normalized spacial score (nSPS) is 41.6. The van der Waals surface area contributed by atoms with E-state index in [9.17, 15) is 4.79 Å². The predicted octanol–water partition coefficient (Wildman–Crippen LogP) is 5.61. The summed E-state index contributed by atoms with van der Waals surface area (Å²) in [6.07, 6.45) is 16.5. The Hall–Kier alpha value is -1.70. The van der Waals surface area contributed by atoms with Crippen LogP contribution in [0.2, 0.25) is 0 Å². The molecule has 0 spiro atoms. The van der Waals surface area contributed by atoms with Gasteiger partial charge in [-0.15, -0.1) is 0 Å². The molecule has 2 nitrogen and oxygen atoms in total. The Morgan fingerprint density at radius 1 is 1.08 bits per heavy atom. The molecule has 26 heavy (non-hydrogen) atoms. The molecule has 1 heterocycles. The van der Waals surface area contributed by atoms with Crippen LogP contribution < -0.4 is 0 Å². The third-order valence-electron chi connectivity index (χ3n) is 8.52. The van der Waals surface area contributed by atoms with Gasteiger partial charge in [-0.05, 0) is 90.4 Å². The lowest BCUT2D eigenvalue weighted by molar-refractivity contribution is -0.117. The van der Waals surface area contributed by atoms with Crippen molar-refractivity contribution in [2.24, 2.45) is 28.6 Å². The molecule has 5 atom stereocenters. The highest BCUT2D eigenvalue weighted by molar-refractivity contribution is 5.91. The molecule has 0 radical (unpaired) electrons. The lowest BCUT2D eigenvalue weighted by Gasteiger charge is -2.57. The van der Waals surface area contributed by atoms with Crippen molar-refractivity contribution in [2.45, 2.75) is 58.8 Å². The monoisotopic (exact) mass is 347 g/mol. The number of fused-ring (bicyclic) bond motifs is 5. The quantitative estimate of drug-likeness (QED) is 0.661. The molecule has 1 aromatic rings. The lowest BCUT2D eigenvalue weighted by Crippen LogP contribution is -2.49. The summed E-state index contributed by atoms with van der Waals surface area (Å²) in [6, 6.07) is 4.30. The van der Waals surface area contributed by atoms with Crippen molar-refractivity contribution in [1.29, 1.82) is 0 Å². The largest absolute Gasteiger partial charge is 0.295 e. The van der Waals surface area contributed by atoms with Gasteiger partial charge in [0.05, 0.1) is 0 Å². The zero-order valence-electron chi connectivity index (χ0n) is 16.0. The zero-order valence-corrected chi connectivity index (χ0v) is 16.0. The van der Waals surface area contributed by atoms with Crippen LogP contribution in [0.15, 0.2) is 42.3 Å². The van der Waals surface area contributed by atoms with Gasteiger partial charge in [-0.1, -0.05) is 31.6 Å². The average molecular weight is 348 g/mol. The smallest absolute Gasteiger partial charge is 0.155 e. The van der Waals surface area contributed by atoms with E-state index in [1.165, 1.54) is 36.8 Å². The van der Waals surface area contributed by atoms with E-state index >= 15 is 0 Å². The average Bonchev–Trinajstić information content (AvgIpc) is 3.00. The van der Waals surface area contributed by atoms with Crippen molar-refractivity contribution in [3.8, 4) is 0 Å². The fourth-order valence-corrected chi connectivity index (χ4v) is 7.10. The fraction of sp³-hybridized carbons (Fsp3) is 0.583. The predicted molar refractivity (Wildman–Crippen MR) is 104 cm³/mol. The molecule has 4 aliphatic rings. The Balaban J connectivity index is 1.48.